The predicted molar refractivity (Wildman–Crippen MR) is 117 cm³/mol. The topological polar surface area (TPSA) is 73.1 Å². The standard InChI is InChI=1S/C24H23N5O2/c1-17-11-12-18(31-23-10-4-8-21-19(23)7-5-13-25-21)16-28(17)24(30)20-6-2-3-9-22(20)29-15-14-26-27-29/h2-10,13-15,17-18H,11-12,16H2,1H3/t17-,18?/m1/s1. The van der Waals surface area contributed by atoms with Crippen LogP contribution in [0.1, 0.15) is 30.1 Å². The maximum Gasteiger partial charge on any atom is 0.256 e. The Hall–Kier alpha value is -3.74. The van der Waals surface area contributed by atoms with E-state index in [0.717, 1.165) is 35.2 Å². The van der Waals surface area contributed by atoms with Crippen molar-refractivity contribution in [3.05, 3.63) is 78.8 Å². The lowest BCUT2D eigenvalue weighted by atomic mass is 9.99. The summed E-state index contributed by atoms with van der Waals surface area (Å²) >= 11 is 0. The maximum atomic E-state index is 13.5. The summed E-state index contributed by atoms with van der Waals surface area (Å²) in [4.78, 5) is 19.9. The fourth-order valence-corrected chi connectivity index (χ4v) is 4.16. The fourth-order valence-electron chi connectivity index (χ4n) is 4.16. The van der Waals surface area contributed by atoms with Gasteiger partial charge in [0.25, 0.3) is 5.91 Å². The minimum atomic E-state index is -0.0792. The first-order valence-corrected chi connectivity index (χ1v) is 10.5. The number of amides is 1. The van der Waals surface area contributed by atoms with Crippen molar-refractivity contribution in [1.29, 1.82) is 0 Å². The van der Waals surface area contributed by atoms with Gasteiger partial charge in [-0.05, 0) is 56.2 Å². The van der Waals surface area contributed by atoms with Crippen LogP contribution >= 0.6 is 0 Å². The molecule has 0 aliphatic carbocycles. The number of carbonyl (C=O) groups excluding carboxylic acids is 1. The number of likely N-dealkylation sites (tertiary alicyclic amines) is 1. The third-order valence-electron chi connectivity index (χ3n) is 5.80. The number of para-hydroxylation sites is 1. The van der Waals surface area contributed by atoms with Gasteiger partial charge in [-0.15, -0.1) is 5.10 Å². The van der Waals surface area contributed by atoms with Crippen LogP contribution in [0.25, 0.3) is 16.6 Å². The van der Waals surface area contributed by atoms with Crippen molar-refractivity contribution in [3.8, 4) is 11.4 Å². The number of fused-ring (bicyclic) bond motifs is 1. The fraction of sp³-hybridized carbons (Fsp3) is 0.250. The SMILES string of the molecule is C[C@@H]1CCC(Oc2cccc3ncccc23)CN1C(=O)c1ccccc1-n1ccnn1. The van der Waals surface area contributed by atoms with Crippen LogP contribution in [0.4, 0.5) is 0 Å². The molecule has 5 rings (SSSR count). The first kappa shape index (κ1) is 19.2. The van der Waals surface area contributed by atoms with Gasteiger partial charge in [0, 0.05) is 17.6 Å². The van der Waals surface area contributed by atoms with Crippen molar-refractivity contribution in [2.45, 2.75) is 31.9 Å². The van der Waals surface area contributed by atoms with Crippen molar-refractivity contribution < 1.29 is 9.53 Å². The number of hydrogen-bond donors (Lipinski definition) is 0. The summed E-state index contributed by atoms with van der Waals surface area (Å²) in [6.45, 7) is 2.62. The Morgan fingerprint density at radius 2 is 1.94 bits per heavy atom. The van der Waals surface area contributed by atoms with Gasteiger partial charge in [0.15, 0.2) is 0 Å². The van der Waals surface area contributed by atoms with Gasteiger partial charge in [-0.2, -0.15) is 0 Å². The second-order valence-electron chi connectivity index (χ2n) is 7.81. The van der Waals surface area contributed by atoms with E-state index >= 15 is 0 Å². The zero-order chi connectivity index (χ0) is 21.2. The van der Waals surface area contributed by atoms with Crippen molar-refractivity contribution in [3.63, 3.8) is 0 Å². The molecule has 7 nitrogen and oxygen atoms in total. The zero-order valence-electron chi connectivity index (χ0n) is 17.3. The second-order valence-corrected chi connectivity index (χ2v) is 7.81. The smallest absolute Gasteiger partial charge is 0.256 e. The molecule has 1 unspecified atom stereocenters. The Bertz CT molecular complexity index is 1200. The van der Waals surface area contributed by atoms with Gasteiger partial charge in [-0.3, -0.25) is 9.78 Å². The summed E-state index contributed by atoms with van der Waals surface area (Å²) in [7, 11) is 0. The molecule has 0 bridgehead atoms. The van der Waals surface area contributed by atoms with Gasteiger partial charge in [-0.25, -0.2) is 4.68 Å². The van der Waals surface area contributed by atoms with Crippen LogP contribution < -0.4 is 4.74 Å². The van der Waals surface area contributed by atoms with E-state index in [1.165, 1.54) is 0 Å². The second kappa shape index (κ2) is 8.18. The van der Waals surface area contributed by atoms with Crippen LogP contribution in [0.15, 0.2) is 73.2 Å². The number of pyridine rings is 1. The molecule has 1 aliphatic rings. The highest BCUT2D eigenvalue weighted by atomic mass is 16.5. The minimum absolute atomic E-state index is 0.0218. The van der Waals surface area contributed by atoms with Crippen LogP contribution in [0, 0.1) is 0 Å². The largest absolute Gasteiger partial charge is 0.488 e. The third kappa shape index (κ3) is 3.74. The molecule has 0 spiro atoms. The molecule has 1 saturated heterocycles. The van der Waals surface area contributed by atoms with E-state index in [-0.39, 0.29) is 18.1 Å². The van der Waals surface area contributed by atoms with Gasteiger partial charge in [0.2, 0.25) is 0 Å². The van der Waals surface area contributed by atoms with Crippen molar-refractivity contribution in [1.82, 2.24) is 24.9 Å². The summed E-state index contributed by atoms with van der Waals surface area (Å²) in [5.74, 6) is 0.784. The Kier molecular flexibility index (Phi) is 5.08. The number of hydrogen-bond acceptors (Lipinski definition) is 5. The molecule has 2 aromatic carbocycles. The van der Waals surface area contributed by atoms with E-state index in [0.29, 0.717) is 12.1 Å². The first-order valence-electron chi connectivity index (χ1n) is 10.5. The lowest BCUT2D eigenvalue weighted by molar-refractivity contribution is 0.0388. The van der Waals surface area contributed by atoms with Crippen LogP contribution in [0.3, 0.4) is 0 Å². The number of benzene rings is 2. The van der Waals surface area contributed by atoms with Crippen molar-refractivity contribution >= 4 is 16.8 Å². The minimum Gasteiger partial charge on any atom is -0.488 e. The van der Waals surface area contributed by atoms with Gasteiger partial charge < -0.3 is 9.64 Å². The monoisotopic (exact) mass is 413 g/mol. The molecule has 0 N–H and O–H groups in total. The first-order chi connectivity index (χ1) is 15.2. The summed E-state index contributed by atoms with van der Waals surface area (Å²) in [6, 6.07) is 17.4. The van der Waals surface area contributed by atoms with Gasteiger partial charge in [0.1, 0.15) is 11.9 Å². The highest BCUT2D eigenvalue weighted by Crippen LogP contribution is 2.29. The summed E-state index contributed by atoms with van der Waals surface area (Å²) in [6.07, 6.45) is 6.82. The van der Waals surface area contributed by atoms with Crippen LogP contribution in [0.2, 0.25) is 0 Å². The zero-order valence-corrected chi connectivity index (χ0v) is 17.3. The Labute approximate surface area is 180 Å². The van der Waals surface area contributed by atoms with Crippen LogP contribution in [-0.2, 0) is 0 Å². The van der Waals surface area contributed by atoms with Crippen molar-refractivity contribution in [2.75, 3.05) is 6.54 Å². The molecule has 31 heavy (non-hydrogen) atoms. The van der Waals surface area contributed by atoms with E-state index in [2.05, 4.69) is 22.2 Å². The normalized spacial score (nSPS) is 18.8. The Morgan fingerprint density at radius 3 is 2.81 bits per heavy atom. The highest BCUT2D eigenvalue weighted by molar-refractivity contribution is 5.98. The molecular weight excluding hydrogens is 390 g/mol. The van der Waals surface area contributed by atoms with E-state index in [9.17, 15) is 4.79 Å². The molecule has 1 aliphatic heterocycles. The number of piperidine rings is 1. The number of ether oxygens (including phenoxy) is 1. The molecule has 156 valence electrons. The maximum absolute atomic E-state index is 13.5. The Balaban J connectivity index is 1.40. The molecule has 0 radical (unpaired) electrons. The van der Waals surface area contributed by atoms with Gasteiger partial charge >= 0.3 is 0 Å². The number of aromatic nitrogens is 4. The molecule has 1 fully saturated rings. The molecule has 7 heteroatoms. The lowest BCUT2D eigenvalue weighted by Crippen LogP contribution is -2.49. The molecule has 3 heterocycles. The van der Waals surface area contributed by atoms with Crippen LogP contribution in [-0.4, -0.2) is 49.5 Å². The van der Waals surface area contributed by atoms with E-state index in [4.69, 9.17) is 4.74 Å². The van der Waals surface area contributed by atoms with E-state index in [1.54, 1.807) is 23.3 Å². The van der Waals surface area contributed by atoms with E-state index in [1.807, 2.05) is 59.5 Å². The highest BCUT2D eigenvalue weighted by Gasteiger charge is 2.32. The number of rotatable bonds is 4. The van der Waals surface area contributed by atoms with E-state index < -0.39 is 0 Å². The summed E-state index contributed by atoms with van der Waals surface area (Å²) in [5, 5.41) is 8.92. The summed E-state index contributed by atoms with van der Waals surface area (Å²) < 4.78 is 8.00. The quantitative estimate of drug-likeness (QED) is 0.508. The molecule has 2 atom stereocenters. The van der Waals surface area contributed by atoms with Gasteiger partial charge in [-0.1, -0.05) is 23.4 Å². The molecule has 0 saturated carbocycles. The van der Waals surface area contributed by atoms with Crippen LogP contribution in [0.5, 0.6) is 5.75 Å². The Morgan fingerprint density at radius 1 is 1.03 bits per heavy atom. The average Bonchev–Trinajstić information content (AvgIpc) is 3.35. The average molecular weight is 413 g/mol. The third-order valence-corrected chi connectivity index (χ3v) is 5.80. The van der Waals surface area contributed by atoms with Crippen molar-refractivity contribution in [2.24, 2.45) is 0 Å². The molecular formula is C24H23N5O2. The molecule has 1 amide bonds. The molecule has 4 aromatic rings. The lowest BCUT2D eigenvalue weighted by Gasteiger charge is -2.38. The van der Waals surface area contributed by atoms with Gasteiger partial charge in [0.05, 0.1) is 35.7 Å². The number of carbonyl (C=O) groups is 1. The molecule has 2 aromatic heterocycles. The number of nitrogens with zero attached hydrogens (tertiary/aromatic N) is 5. The summed E-state index contributed by atoms with van der Waals surface area (Å²) in [5.41, 5.74) is 2.23. The predicted octanol–water partition coefficient (Wildman–Crippen LogP) is 3.89.